The van der Waals surface area contributed by atoms with Crippen LogP contribution in [0.3, 0.4) is 0 Å². The Labute approximate surface area is 147 Å². The van der Waals surface area contributed by atoms with Gasteiger partial charge in [-0.2, -0.15) is 0 Å². The summed E-state index contributed by atoms with van der Waals surface area (Å²) in [5.74, 6) is 0. The fourth-order valence-corrected chi connectivity index (χ4v) is 5.33. The lowest BCUT2D eigenvalue weighted by Crippen LogP contribution is -1.87. The van der Waals surface area contributed by atoms with Gasteiger partial charge in [-0.3, -0.25) is 0 Å². The maximum absolute atomic E-state index is 2.51. The third kappa shape index (κ3) is 2.01. The van der Waals surface area contributed by atoms with E-state index >= 15 is 0 Å². The Bertz CT molecular complexity index is 997. The van der Waals surface area contributed by atoms with Crippen LogP contribution >= 0.6 is 33.9 Å². The zero-order valence-electron chi connectivity index (χ0n) is 12.5. The third-order valence-electron chi connectivity index (χ3n) is 4.33. The van der Waals surface area contributed by atoms with Crippen molar-refractivity contribution in [3.05, 3.63) is 68.6 Å². The molecule has 0 atom stereocenters. The second kappa shape index (κ2) is 5.36. The standard InChI is InChI=1S/C20H15IS/c1-12-13(2)22-20-17(12)18(14-8-4-3-5-9-14)15-10-6-7-11-16(15)19(20)21/h3-11H,1-2H3. The third-order valence-corrected chi connectivity index (χ3v) is 7.04. The topological polar surface area (TPSA) is 0 Å². The Morgan fingerprint density at radius 3 is 2.18 bits per heavy atom. The van der Waals surface area contributed by atoms with Gasteiger partial charge in [-0.25, -0.2) is 0 Å². The molecule has 108 valence electrons. The monoisotopic (exact) mass is 414 g/mol. The molecule has 0 aliphatic rings. The number of hydrogen-bond donors (Lipinski definition) is 0. The molecular formula is C20H15IS. The first-order valence-corrected chi connectivity index (χ1v) is 9.23. The summed E-state index contributed by atoms with van der Waals surface area (Å²) in [6.45, 7) is 4.49. The molecule has 0 nitrogen and oxygen atoms in total. The Morgan fingerprint density at radius 2 is 1.45 bits per heavy atom. The molecule has 0 N–H and O–H groups in total. The van der Waals surface area contributed by atoms with E-state index in [-0.39, 0.29) is 0 Å². The maximum Gasteiger partial charge on any atom is 0.0494 e. The second-order valence-electron chi connectivity index (χ2n) is 5.59. The summed E-state index contributed by atoms with van der Waals surface area (Å²) in [5.41, 5.74) is 4.11. The van der Waals surface area contributed by atoms with E-state index in [4.69, 9.17) is 0 Å². The first-order valence-electron chi connectivity index (χ1n) is 7.34. The highest BCUT2D eigenvalue weighted by Crippen LogP contribution is 2.45. The molecule has 0 saturated carbocycles. The molecule has 0 aliphatic heterocycles. The van der Waals surface area contributed by atoms with Crippen LogP contribution < -0.4 is 0 Å². The second-order valence-corrected chi connectivity index (χ2v) is 7.89. The Balaban J connectivity index is 2.31. The van der Waals surface area contributed by atoms with Crippen molar-refractivity contribution in [2.75, 3.05) is 0 Å². The zero-order chi connectivity index (χ0) is 15.3. The van der Waals surface area contributed by atoms with Crippen molar-refractivity contribution in [2.45, 2.75) is 13.8 Å². The van der Waals surface area contributed by atoms with Crippen LogP contribution in [0, 0.1) is 17.4 Å². The Morgan fingerprint density at radius 1 is 0.818 bits per heavy atom. The molecule has 4 rings (SSSR count). The van der Waals surface area contributed by atoms with Crippen LogP contribution in [-0.2, 0) is 0 Å². The highest BCUT2D eigenvalue weighted by atomic mass is 127. The van der Waals surface area contributed by atoms with E-state index in [0.29, 0.717) is 0 Å². The molecule has 3 aromatic carbocycles. The van der Waals surface area contributed by atoms with Crippen molar-refractivity contribution in [3.8, 4) is 11.1 Å². The summed E-state index contributed by atoms with van der Waals surface area (Å²) >= 11 is 4.43. The van der Waals surface area contributed by atoms with Gasteiger partial charge in [0.2, 0.25) is 0 Å². The normalized spacial score (nSPS) is 11.4. The summed E-state index contributed by atoms with van der Waals surface area (Å²) in [6.07, 6.45) is 0. The molecule has 0 spiro atoms. The quantitative estimate of drug-likeness (QED) is 0.296. The van der Waals surface area contributed by atoms with E-state index in [1.807, 2.05) is 11.3 Å². The van der Waals surface area contributed by atoms with E-state index in [0.717, 1.165) is 0 Å². The van der Waals surface area contributed by atoms with Crippen LogP contribution in [0.2, 0.25) is 0 Å². The van der Waals surface area contributed by atoms with E-state index in [9.17, 15) is 0 Å². The molecule has 0 fully saturated rings. The van der Waals surface area contributed by atoms with Crippen molar-refractivity contribution in [2.24, 2.45) is 0 Å². The SMILES string of the molecule is Cc1sc2c(I)c3ccccc3c(-c3ccccc3)c2c1C. The largest absolute Gasteiger partial charge is 0.139 e. The maximum atomic E-state index is 2.51. The predicted molar refractivity (Wildman–Crippen MR) is 107 cm³/mol. The van der Waals surface area contributed by atoms with E-state index in [2.05, 4.69) is 91.0 Å². The molecule has 0 amide bonds. The zero-order valence-corrected chi connectivity index (χ0v) is 15.5. The average molecular weight is 414 g/mol. The lowest BCUT2D eigenvalue weighted by atomic mass is 9.93. The van der Waals surface area contributed by atoms with Gasteiger partial charge in [0, 0.05) is 18.5 Å². The molecule has 0 bridgehead atoms. The molecule has 22 heavy (non-hydrogen) atoms. The van der Waals surface area contributed by atoms with Gasteiger partial charge in [0.25, 0.3) is 0 Å². The van der Waals surface area contributed by atoms with Gasteiger partial charge < -0.3 is 0 Å². The smallest absolute Gasteiger partial charge is 0.0494 e. The summed E-state index contributed by atoms with van der Waals surface area (Å²) in [6, 6.07) is 19.6. The van der Waals surface area contributed by atoms with Crippen LogP contribution in [0.25, 0.3) is 32.0 Å². The van der Waals surface area contributed by atoms with Crippen molar-refractivity contribution in [3.63, 3.8) is 0 Å². The summed E-state index contributed by atoms with van der Waals surface area (Å²) < 4.78 is 2.80. The van der Waals surface area contributed by atoms with E-state index in [1.165, 1.54) is 46.0 Å². The van der Waals surface area contributed by atoms with E-state index < -0.39 is 0 Å². The molecular weight excluding hydrogens is 399 g/mol. The van der Waals surface area contributed by atoms with Crippen LogP contribution in [0.5, 0.6) is 0 Å². The van der Waals surface area contributed by atoms with Crippen molar-refractivity contribution < 1.29 is 0 Å². The van der Waals surface area contributed by atoms with Gasteiger partial charge in [0.15, 0.2) is 0 Å². The fraction of sp³-hybridized carbons (Fsp3) is 0.100. The number of aryl methyl sites for hydroxylation is 2. The number of rotatable bonds is 1. The van der Waals surface area contributed by atoms with Crippen molar-refractivity contribution >= 4 is 54.8 Å². The van der Waals surface area contributed by atoms with Gasteiger partial charge in [0.05, 0.1) is 0 Å². The molecule has 0 radical (unpaired) electrons. The molecule has 1 aromatic heterocycles. The van der Waals surface area contributed by atoms with Gasteiger partial charge >= 0.3 is 0 Å². The van der Waals surface area contributed by atoms with Crippen molar-refractivity contribution in [1.29, 1.82) is 0 Å². The van der Waals surface area contributed by atoms with Crippen LogP contribution in [-0.4, -0.2) is 0 Å². The number of benzene rings is 3. The van der Waals surface area contributed by atoms with Gasteiger partial charge in [-0.15, -0.1) is 11.3 Å². The minimum atomic E-state index is 1.31. The minimum absolute atomic E-state index is 1.31. The molecule has 0 unspecified atom stereocenters. The van der Waals surface area contributed by atoms with Crippen molar-refractivity contribution in [1.82, 2.24) is 0 Å². The highest BCUT2D eigenvalue weighted by Gasteiger charge is 2.18. The van der Waals surface area contributed by atoms with Gasteiger partial charge in [-0.1, -0.05) is 54.6 Å². The fourth-order valence-electron chi connectivity index (χ4n) is 3.14. The minimum Gasteiger partial charge on any atom is -0.139 e. The summed E-state index contributed by atoms with van der Waals surface area (Å²) in [7, 11) is 0. The highest BCUT2D eigenvalue weighted by molar-refractivity contribution is 14.1. The summed E-state index contributed by atoms with van der Waals surface area (Å²) in [5, 5.41) is 4.14. The summed E-state index contributed by atoms with van der Waals surface area (Å²) in [4.78, 5) is 1.42. The Kier molecular flexibility index (Phi) is 3.46. The van der Waals surface area contributed by atoms with E-state index in [1.54, 1.807) is 0 Å². The molecule has 1 heterocycles. The molecule has 2 heteroatoms. The number of fused-ring (bicyclic) bond motifs is 2. The lowest BCUT2D eigenvalue weighted by Gasteiger charge is -2.12. The molecule has 0 aliphatic carbocycles. The first kappa shape index (κ1) is 14.2. The van der Waals surface area contributed by atoms with Crippen LogP contribution in [0.15, 0.2) is 54.6 Å². The molecule has 4 aromatic rings. The number of hydrogen-bond acceptors (Lipinski definition) is 1. The number of halogens is 1. The lowest BCUT2D eigenvalue weighted by molar-refractivity contribution is 1.47. The van der Waals surface area contributed by atoms with Gasteiger partial charge in [-0.05, 0) is 63.9 Å². The molecule has 0 saturated heterocycles. The predicted octanol–water partition coefficient (Wildman–Crippen LogP) is 6.94. The number of thiophene rings is 1. The van der Waals surface area contributed by atoms with Crippen LogP contribution in [0.1, 0.15) is 10.4 Å². The van der Waals surface area contributed by atoms with Gasteiger partial charge in [0.1, 0.15) is 0 Å². The Hall–Kier alpha value is -1.39. The van der Waals surface area contributed by atoms with Crippen LogP contribution in [0.4, 0.5) is 0 Å². The first-order chi connectivity index (χ1) is 10.7. The average Bonchev–Trinajstić information content (AvgIpc) is 2.85.